The van der Waals surface area contributed by atoms with Crippen molar-refractivity contribution in [3.8, 4) is 0 Å². The number of anilines is 1. The maximum Gasteiger partial charge on any atom is 0.233 e. The second-order valence-corrected chi connectivity index (χ2v) is 6.17. The Bertz CT molecular complexity index is 449. The zero-order valence-corrected chi connectivity index (χ0v) is 14.7. The summed E-state index contributed by atoms with van der Waals surface area (Å²) in [5.74, 6) is -0.434. The number of rotatable bonds is 3. The van der Waals surface area contributed by atoms with Gasteiger partial charge in [-0.1, -0.05) is 29.8 Å². The van der Waals surface area contributed by atoms with Gasteiger partial charge in [-0.05, 0) is 44.0 Å². The van der Waals surface area contributed by atoms with Crippen molar-refractivity contribution < 1.29 is 9.59 Å². The Morgan fingerprint density at radius 1 is 1.00 bits per heavy atom. The van der Waals surface area contributed by atoms with E-state index in [-0.39, 0.29) is 24.7 Å². The molecule has 3 nitrogen and oxygen atoms in total. The molecule has 2 amide bonds. The van der Waals surface area contributed by atoms with E-state index in [2.05, 4.69) is 47.8 Å². The predicted molar refractivity (Wildman–Crippen MR) is 82.6 cm³/mol. The number of amides is 2. The first-order chi connectivity index (χ1) is 8.42. The van der Waals surface area contributed by atoms with Gasteiger partial charge in [0, 0.05) is 26.3 Å². The lowest BCUT2D eigenvalue weighted by molar-refractivity contribution is -0.126. The monoisotopic (exact) mass is 439 g/mol. The van der Waals surface area contributed by atoms with E-state index < -0.39 is 0 Å². The Labute approximate surface area is 131 Å². The first kappa shape index (κ1) is 15.9. The molecule has 0 bridgehead atoms. The van der Waals surface area contributed by atoms with Gasteiger partial charge in [0.25, 0.3) is 0 Å². The van der Waals surface area contributed by atoms with Gasteiger partial charge in [0.15, 0.2) is 0 Å². The fraction of sp³-hybridized carbons (Fsp3) is 0.333. The van der Waals surface area contributed by atoms with Gasteiger partial charge < -0.3 is 0 Å². The molecule has 0 fully saturated rings. The lowest BCUT2D eigenvalue weighted by Crippen LogP contribution is -2.36. The standard InChI is InChI=1S/C12H12Br3NO2/c1-3-10(17)16(11(18)4-2)12-8(14)5-7(13)6-9(12)15/h5-6H,3-4H2,1-2H3. The molecule has 1 aromatic carbocycles. The van der Waals surface area contributed by atoms with Crippen molar-refractivity contribution in [1.29, 1.82) is 0 Å². The van der Waals surface area contributed by atoms with Crippen LogP contribution in [0.15, 0.2) is 25.6 Å². The summed E-state index contributed by atoms with van der Waals surface area (Å²) in [4.78, 5) is 25.1. The van der Waals surface area contributed by atoms with E-state index in [1.54, 1.807) is 26.0 Å². The SMILES string of the molecule is CCC(=O)N(C(=O)CC)c1c(Br)cc(Br)cc1Br. The zero-order valence-electron chi connectivity index (χ0n) is 9.97. The predicted octanol–water partition coefficient (Wildman–Crippen LogP) is 4.65. The number of halogens is 3. The summed E-state index contributed by atoms with van der Waals surface area (Å²) in [7, 11) is 0. The van der Waals surface area contributed by atoms with Crippen LogP contribution in [0.1, 0.15) is 26.7 Å². The van der Waals surface area contributed by atoms with Gasteiger partial charge >= 0.3 is 0 Å². The van der Waals surface area contributed by atoms with E-state index in [9.17, 15) is 9.59 Å². The normalized spacial score (nSPS) is 10.3. The number of hydrogen-bond donors (Lipinski definition) is 0. The molecule has 0 aliphatic carbocycles. The molecule has 0 N–H and O–H groups in total. The van der Waals surface area contributed by atoms with Crippen LogP contribution in [-0.4, -0.2) is 11.8 Å². The number of nitrogens with zero attached hydrogens (tertiary/aromatic N) is 1. The summed E-state index contributed by atoms with van der Waals surface area (Å²) in [6.07, 6.45) is 0.557. The highest BCUT2D eigenvalue weighted by molar-refractivity contribution is 9.11. The minimum absolute atomic E-state index is 0.217. The lowest BCUT2D eigenvalue weighted by Gasteiger charge is -2.22. The lowest BCUT2D eigenvalue weighted by atomic mass is 10.2. The Hall–Kier alpha value is -0.200. The summed E-state index contributed by atoms with van der Waals surface area (Å²) in [6.45, 7) is 3.47. The molecule has 18 heavy (non-hydrogen) atoms. The third-order valence-electron chi connectivity index (χ3n) is 2.31. The summed E-state index contributed by atoms with van der Waals surface area (Å²) < 4.78 is 2.23. The second-order valence-electron chi connectivity index (χ2n) is 3.55. The molecule has 98 valence electrons. The van der Waals surface area contributed by atoms with Crippen LogP contribution < -0.4 is 4.90 Å². The molecule has 0 radical (unpaired) electrons. The van der Waals surface area contributed by atoms with E-state index in [0.29, 0.717) is 14.6 Å². The van der Waals surface area contributed by atoms with Gasteiger partial charge in [-0.2, -0.15) is 0 Å². The Morgan fingerprint density at radius 3 is 1.72 bits per heavy atom. The summed E-state index contributed by atoms with van der Waals surface area (Å²) >= 11 is 10.1. The van der Waals surface area contributed by atoms with Crippen LogP contribution in [0.2, 0.25) is 0 Å². The Morgan fingerprint density at radius 2 is 1.39 bits per heavy atom. The topological polar surface area (TPSA) is 37.4 Å². The average Bonchev–Trinajstić information content (AvgIpc) is 2.31. The number of imide groups is 1. The number of carbonyl (C=O) groups is 2. The summed E-state index contributed by atoms with van der Waals surface area (Å²) in [6, 6.07) is 3.61. The van der Waals surface area contributed by atoms with Crippen molar-refractivity contribution in [2.45, 2.75) is 26.7 Å². The molecule has 0 saturated heterocycles. The van der Waals surface area contributed by atoms with Crippen molar-refractivity contribution in [3.05, 3.63) is 25.6 Å². The first-order valence-electron chi connectivity index (χ1n) is 5.42. The molecule has 1 aromatic rings. The van der Waals surface area contributed by atoms with Gasteiger partial charge in [-0.15, -0.1) is 0 Å². The maximum atomic E-state index is 12.0. The summed E-state index contributed by atoms with van der Waals surface area (Å²) in [5.41, 5.74) is 0.553. The van der Waals surface area contributed by atoms with Crippen LogP contribution in [0.5, 0.6) is 0 Å². The van der Waals surface area contributed by atoms with E-state index in [1.165, 1.54) is 4.90 Å². The molecule has 0 atom stereocenters. The first-order valence-corrected chi connectivity index (χ1v) is 7.80. The molecule has 0 heterocycles. The van der Waals surface area contributed by atoms with Crippen LogP contribution in [0, 0.1) is 0 Å². The number of carbonyl (C=O) groups excluding carboxylic acids is 2. The molecule has 0 aliphatic rings. The molecule has 0 aromatic heterocycles. The van der Waals surface area contributed by atoms with E-state index >= 15 is 0 Å². The quantitative estimate of drug-likeness (QED) is 0.684. The molecule has 0 saturated carbocycles. The molecule has 0 spiro atoms. The molecule has 6 heteroatoms. The number of hydrogen-bond acceptors (Lipinski definition) is 2. The van der Waals surface area contributed by atoms with Gasteiger partial charge in [0.2, 0.25) is 11.8 Å². The summed E-state index contributed by atoms with van der Waals surface area (Å²) in [5, 5.41) is 0. The minimum Gasteiger partial charge on any atom is -0.274 e. The van der Waals surface area contributed by atoms with Gasteiger partial charge in [-0.3, -0.25) is 9.59 Å². The maximum absolute atomic E-state index is 12.0. The van der Waals surface area contributed by atoms with Gasteiger partial charge in [0.05, 0.1) is 5.69 Å². The Kier molecular flexibility index (Phi) is 6.01. The van der Waals surface area contributed by atoms with Crippen molar-refractivity contribution in [3.63, 3.8) is 0 Å². The number of benzene rings is 1. The van der Waals surface area contributed by atoms with Crippen LogP contribution in [-0.2, 0) is 9.59 Å². The van der Waals surface area contributed by atoms with E-state index in [1.807, 2.05) is 0 Å². The highest BCUT2D eigenvalue weighted by atomic mass is 79.9. The molecular formula is C12H12Br3NO2. The van der Waals surface area contributed by atoms with Gasteiger partial charge in [-0.25, -0.2) is 4.90 Å². The van der Waals surface area contributed by atoms with Crippen molar-refractivity contribution in [2.24, 2.45) is 0 Å². The van der Waals surface area contributed by atoms with Crippen molar-refractivity contribution in [1.82, 2.24) is 0 Å². The highest BCUT2D eigenvalue weighted by Gasteiger charge is 2.25. The fourth-order valence-corrected chi connectivity index (χ4v) is 4.07. The second kappa shape index (κ2) is 6.82. The molecule has 0 unspecified atom stereocenters. The third-order valence-corrected chi connectivity index (χ3v) is 3.98. The van der Waals surface area contributed by atoms with Crippen LogP contribution >= 0.6 is 47.8 Å². The zero-order chi connectivity index (χ0) is 13.9. The largest absolute Gasteiger partial charge is 0.274 e. The van der Waals surface area contributed by atoms with E-state index in [4.69, 9.17) is 0 Å². The molecule has 0 aliphatic heterocycles. The van der Waals surface area contributed by atoms with Crippen LogP contribution in [0.4, 0.5) is 5.69 Å². The van der Waals surface area contributed by atoms with Gasteiger partial charge in [0.1, 0.15) is 0 Å². The smallest absolute Gasteiger partial charge is 0.233 e. The Balaban J connectivity index is 3.38. The molecule has 1 rings (SSSR count). The highest BCUT2D eigenvalue weighted by Crippen LogP contribution is 2.37. The fourth-order valence-electron chi connectivity index (χ4n) is 1.45. The van der Waals surface area contributed by atoms with Crippen molar-refractivity contribution >= 4 is 65.3 Å². The van der Waals surface area contributed by atoms with Crippen LogP contribution in [0.3, 0.4) is 0 Å². The minimum atomic E-state index is -0.217. The van der Waals surface area contributed by atoms with Crippen molar-refractivity contribution in [2.75, 3.05) is 4.90 Å². The molecular weight excluding hydrogens is 430 g/mol. The average molecular weight is 442 g/mol. The third kappa shape index (κ3) is 3.42. The van der Waals surface area contributed by atoms with E-state index in [0.717, 1.165) is 4.47 Å². The van der Waals surface area contributed by atoms with Crippen LogP contribution in [0.25, 0.3) is 0 Å².